The number of thiazole rings is 1. The molecule has 2 aromatic rings. The third kappa shape index (κ3) is 4.16. The summed E-state index contributed by atoms with van der Waals surface area (Å²) >= 11 is 13.8. The van der Waals surface area contributed by atoms with E-state index >= 15 is 0 Å². The highest BCUT2D eigenvalue weighted by Gasteiger charge is 2.43. The summed E-state index contributed by atoms with van der Waals surface area (Å²) in [6.07, 6.45) is 6.86. The SMILES string of the molecule is CC1(Cl)C=CC=CC1S(=O)(=O)N1CCN(c2nc(-c3ccc(F)c(Cl)c3)cs2)CC1. The van der Waals surface area contributed by atoms with Gasteiger partial charge in [-0.3, -0.25) is 0 Å². The van der Waals surface area contributed by atoms with Crippen LogP contribution in [0.3, 0.4) is 0 Å². The third-order valence-corrected chi connectivity index (χ3v) is 9.33. The number of rotatable bonds is 4. The monoisotopic (exact) mass is 487 g/mol. The van der Waals surface area contributed by atoms with Crippen molar-refractivity contribution in [1.29, 1.82) is 0 Å². The lowest BCUT2D eigenvalue weighted by molar-refractivity contribution is 0.379. The molecular weight excluding hydrogens is 468 g/mol. The minimum absolute atomic E-state index is 0.0544. The Kier molecular flexibility index (Phi) is 5.98. The highest BCUT2D eigenvalue weighted by molar-refractivity contribution is 7.90. The zero-order valence-electron chi connectivity index (χ0n) is 16.1. The van der Waals surface area contributed by atoms with Crippen LogP contribution < -0.4 is 4.90 Å². The fourth-order valence-corrected chi connectivity index (χ4v) is 7.07. The van der Waals surface area contributed by atoms with E-state index in [0.717, 1.165) is 10.7 Å². The molecule has 2 atom stereocenters. The number of allylic oxidation sites excluding steroid dienone is 3. The molecule has 0 bridgehead atoms. The molecule has 5 nitrogen and oxygen atoms in total. The number of anilines is 1. The Morgan fingerprint density at radius 3 is 2.63 bits per heavy atom. The van der Waals surface area contributed by atoms with Gasteiger partial charge < -0.3 is 4.90 Å². The molecule has 1 aromatic carbocycles. The maximum Gasteiger partial charge on any atom is 0.222 e. The van der Waals surface area contributed by atoms with Gasteiger partial charge in [0, 0.05) is 37.1 Å². The second kappa shape index (κ2) is 8.24. The smallest absolute Gasteiger partial charge is 0.222 e. The minimum atomic E-state index is -3.58. The van der Waals surface area contributed by atoms with Crippen molar-refractivity contribution in [2.24, 2.45) is 0 Å². The Balaban J connectivity index is 1.45. The van der Waals surface area contributed by atoms with Crippen molar-refractivity contribution in [1.82, 2.24) is 9.29 Å². The Hall–Kier alpha value is -1.45. The second-order valence-corrected chi connectivity index (χ2v) is 11.5. The van der Waals surface area contributed by atoms with Crippen LogP contribution >= 0.6 is 34.5 Å². The lowest BCUT2D eigenvalue weighted by Crippen LogP contribution is -2.54. The number of aromatic nitrogens is 1. The summed E-state index contributed by atoms with van der Waals surface area (Å²) in [5.74, 6) is -0.468. The fraction of sp³-hybridized carbons (Fsp3) is 0.350. The zero-order chi connectivity index (χ0) is 21.5. The van der Waals surface area contributed by atoms with Crippen LogP contribution in [0.25, 0.3) is 11.3 Å². The number of halogens is 3. The summed E-state index contributed by atoms with van der Waals surface area (Å²) in [5, 5.41) is 1.95. The molecule has 0 amide bonds. The van der Waals surface area contributed by atoms with Crippen LogP contribution in [0.2, 0.25) is 5.02 Å². The van der Waals surface area contributed by atoms with E-state index in [4.69, 9.17) is 23.2 Å². The Morgan fingerprint density at radius 2 is 1.97 bits per heavy atom. The second-order valence-electron chi connectivity index (χ2n) is 7.39. The molecule has 1 aromatic heterocycles. The number of benzene rings is 1. The first-order valence-electron chi connectivity index (χ1n) is 9.38. The highest BCUT2D eigenvalue weighted by Crippen LogP contribution is 2.34. The quantitative estimate of drug-likeness (QED) is 0.593. The molecule has 1 aliphatic heterocycles. The summed E-state index contributed by atoms with van der Waals surface area (Å²) in [6.45, 7) is 3.50. The number of hydrogen-bond acceptors (Lipinski definition) is 5. The molecule has 160 valence electrons. The van der Waals surface area contributed by atoms with Crippen LogP contribution in [0.15, 0.2) is 47.9 Å². The molecule has 1 fully saturated rings. The third-order valence-electron chi connectivity index (χ3n) is 5.27. The van der Waals surface area contributed by atoms with E-state index in [2.05, 4.69) is 9.88 Å². The molecule has 0 N–H and O–H groups in total. The number of sulfonamides is 1. The van der Waals surface area contributed by atoms with E-state index in [0.29, 0.717) is 31.9 Å². The first-order valence-corrected chi connectivity index (χ1v) is 12.5. The predicted octanol–water partition coefficient (Wildman–Crippen LogP) is 4.55. The van der Waals surface area contributed by atoms with Crippen molar-refractivity contribution >= 4 is 49.7 Å². The molecule has 1 aliphatic carbocycles. The minimum Gasteiger partial charge on any atom is -0.345 e. The van der Waals surface area contributed by atoms with Crippen molar-refractivity contribution in [3.8, 4) is 11.3 Å². The van der Waals surface area contributed by atoms with Crippen LogP contribution in [0.5, 0.6) is 0 Å². The summed E-state index contributed by atoms with van der Waals surface area (Å²) in [6, 6.07) is 4.51. The van der Waals surface area contributed by atoms with Gasteiger partial charge in [-0.25, -0.2) is 17.8 Å². The van der Waals surface area contributed by atoms with E-state index in [9.17, 15) is 12.8 Å². The van der Waals surface area contributed by atoms with Crippen LogP contribution in [0.1, 0.15) is 6.92 Å². The number of piperazine rings is 1. The topological polar surface area (TPSA) is 53.5 Å². The molecule has 0 spiro atoms. The zero-order valence-corrected chi connectivity index (χ0v) is 19.3. The summed E-state index contributed by atoms with van der Waals surface area (Å²) < 4.78 is 41.2. The molecular formula is C20H20Cl2FN3O2S2. The Bertz CT molecular complexity index is 1110. The van der Waals surface area contributed by atoms with Gasteiger partial charge >= 0.3 is 0 Å². The normalized spacial score (nSPS) is 25.1. The molecule has 1 saturated heterocycles. The molecule has 0 radical (unpaired) electrons. The lowest BCUT2D eigenvalue weighted by atomic mass is 10.0. The Morgan fingerprint density at radius 1 is 1.23 bits per heavy atom. The van der Waals surface area contributed by atoms with E-state index < -0.39 is 26.0 Å². The van der Waals surface area contributed by atoms with Gasteiger partial charge in [0.15, 0.2) is 5.13 Å². The van der Waals surface area contributed by atoms with Crippen molar-refractivity contribution in [3.63, 3.8) is 0 Å². The maximum absolute atomic E-state index is 13.4. The predicted molar refractivity (Wildman–Crippen MR) is 122 cm³/mol. The van der Waals surface area contributed by atoms with E-state index in [1.54, 1.807) is 43.4 Å². The Labute approximate surface area is 189 Å². The van der Waals surface area contributed by atoms with Gasteiger partial charge in [0.2, 0.25) is 10.0 Å². The van der Waals surface area contributed by atoms with Crippen molar-refractivity contribution in [3.05, 3.63) is 58.7 Å². The largest absolute Gasteiger partial charge is 0.345 e. The van der Waals surface area contributed by atoms with Gasteiger partial charge in [0.05, 0.1) is 15.6 Å². The van der Waals surface area contributed by atoms with Crippen molar-refractivity contribution < 1.29 is 12.8 Å². The first kappa shape index (κ1) is 21.8. The molecule has 2 unspecified atom stereocenters. The van der Waals surface area contributed by atoms with Crippen LogP contribution in [0.4, 0.5) is 9.52 Å². The van der Waals surface area contributed by atoms with Crippen LogP contribution in [-0.4, -0.2) is 54.0 Å². The molecule has 2 aliphatic rings. The van der Waals surface area contributed by atoms with Gasteiger partial charge in [-0.05, 0) is 25.1 Å². The summed E-state index contributed by atoms with van der Waals surface area (Å²) in [7, 11) is -3.58. The highest BCUT2D eigenvalue weighted by atomic mass is 35.5. The van der Waals surface area contributed by atoms with Crippen molar-refractivity contribution in [2.75, 3.05) is 31.1 Å². The standard InChI is InChI=1S/C20H20Cl2FN3O2S2/c1-20(22)7-3-2-4-18(20)30(27,28)26-10-8-25(9-11-26)19-24-17(13-29-19)14-5-6-16(23)15(21)12-14/h2-7,12-13,18H,8-11H2,1H3. The molecule has 0 saturated carbocycles. The lowest BCUT2D eigenvalue weighted by Gasteiger charge is -2.38. The number of nitrogens with zero attached hydrogens (tertiary/aromatic N) is 3. The number of hydrogen-bond donors (Lipinski definition) is 0. The van der Waals surface area contributed by atoms with Crippen LogP contribution in [-0.2, 0) is 10.0 Å². The van der Waals surface area contributed by atoms with Gasteiger partial charge in [-0.2, -0.15) is 4.31 Å². The van der Waals surface area contributed by atoms with Gasteiger partial charge in [-0.1, -0.05) is 35.9 Å². The van der Waals surface area contributed by atoms with E-state index in [1.165, 1.54) is 21.7 Å². The summed E-state index contributed by atoms with van der Waals surface area (Å²) in [4.78, 5) is 5.72. The molecule has 10 heteroatoms. The molecule has 4 rings (SSSR count). The first-order chi connectivity index (χ1) is 14.2. The number of alkyl halides is 1. The maximum atomic E-state index is 13.4. The fourth-order valence-electron chi connectivity index (χ4n) is 3.57. The molecule has 2 heterocycles. The van der Waals surface area contributed by atoms with Crippen molar-refractivity contribution in [2.45, 2.75) is 17.0 Å². The van der Waals surface area contributed by atoms with Gasteiger partial charge in [-0.15, -0.1) is 22.9 Å². The average molecular weight is 488 g/mol. The molecule has 30 heavy (non-hydrogen) atoms. The summed E-state index contributed by atoms with van der Waals surface area (Å²) in [5.41, 5.74) is 1.45. The van der Waals surface area contributed by atoms with E-state index in [1.807, 2.05) is 5.38 Å². The van der Waals surface area contributed by atoms with Gasteiger partial charge in [0.1, 0.15) is 11.1 Å². The van der Waals surface area contributed by atoms with E-state index in [-0.39, 0.29) is 5.02 Å². The van der Waals surface area contributed by atoms with Gasteiger partial charge in [0.25, 0.3) is 0 Å². The van der Waals surface area contributed by atoms with Crippen LogP contribution in [0, 0.1) is 5.82 Å². The average Bonchev–Trinajstić information content (AvgIpc) is 3.20.